The van der Waals surface area contributed by atoms with Crippen LogP contribution in [0.15, 0.2) is 36.4 Å². The fourth-order valence-electron chi connectivity index (χ4n) is 14.3. The Bertz CT molecular complexity index is 1670. The molecule has 314 valence electrons. The zero-order valence-corrected chi connectivity index (χ0v) is 35.7. The number of hydrogen-bond acceptors (Lipinski definition) is 6. The summed E-state index contributed by atoms with van der Waals surface area (Å²) in [4.78, 5) is 31.8. The highest BCUT2D eigenvalue weighted by Crippen LogP contribution is 2.58. The predicted octanol–water partition coefficient (Wildman–Crippen LogP) is 11.0. The number of ether oxygens (including phenoxy) is 2. The fraction of sp³-hybridized carbons (Fsp3) is 0.731. The number of unbranched alkanes of at least 4 members (excludes halogenated alkanes) is 5. The van der Waals surface area contributed by atoms with Gasteiger partial charge in [-0.05, 0) is 173 Å². The molecule has 2 unspecified atom stereocenters. The van der Waals surface area contributed by atoms with Crippen molar-refractivity contribution in [2.75, 3.05) is 26.2 Å². The highest BCUT2D eigenvalue weighted by molar-refractivity contribution is 5.73. The van der Waals surface area contributed by atoms with E-state index < -0.39 is 0 Å². The largest absolute Gasteiger partial charge is 0.427 e. The van der Waals surface area contributed by atoms with Crippen LogP contribution >= 0.6 is 0 Å². The Morgan fingerprint density at radius 1 is 0.534 bits per heavy atom. The van der Waals surface area contributed by atoms with E-state index in [1.165, 1.54) is 164 Å². The lowest BCUT2D eigenvalue weighted by Crippen LogP contribution is -2.61. The summed E-state index contributed by atoms with van der Waals surface area (Å²) in [6.07, 6.45) is 31.0. The summed E-state index contributed by atoms with van der Waals surface area (Å²) in [5.41, 5.74) is 6.61. The molecule has 6 aliphatic carbocycles. The van der Waals surface area contributed by atoms with Crippen molar-refractivity contribution in [2.45, 2.75) is 190 Å². The molecule has 6 fully saturated rings. The molecule has 6 atom stereocenters. The van der Waals surface area contributed by atoms with Gasteiger partial charge in [-0.2, -0.15) is 0 Å². The molecule has 0 aromatic heterocycles. The highest BCUT2D eigenvalue weighted by atomic mass is 16.5. The minimum atomic E-state index is -0.0978. The second-order valence-corrected chi connectivity index (χ2v) is 20.9. The minimum Gasteiger partial charge on any atom is -0.427 e. The van der Waals surface area contributed by atoms with Crippen molar-refractivity contribution < 1.29 is 19.1 Å². The van der Waals surface area contributed by atoms with Crippen LogP contribution in [-0.4, -0.2) is 60.0 Å². The van der Waals surface area contributed by atoms with Crippen LogP contribution in [0.1, 0.15) is 176 Å². The Hall–Kier alpha value is -2.70. The number of hydrogen-bond donors (Lipinski definition) is 0. The van der Waals surface area contributed by atoms with E-state index in [0.717, 1.165) is 73.7 Å². The van der Waals surface area contributed by atoms with E-state index in [-0.39, 0.29) is 22.8 Å². The molecule has 0 amide bonds. The fourth-order valence-corrected chi connectivity index (χ4v) is 14.3. The molecule has 2 heterocycles. The zero-order chi connectivity index (χ0) is 39.1. The second-order valence-electron chi connectivity index (χ2n) is 20.9. The van der Waals surface area contributed by atoms with Gasteiger partial charge in [-0.25, -0.2) is 0 Å². The molecule has 2 aliphatic heterocycles. The Morgan fingerprint density at radius 2 is 0.983 bits per heavy atom. The van der Waals surface area contributed by atoms with Crippen molar-refractivity contribution >= 4 is 11.9 Å². The number of esters is 2. The number of likely N-dealkylation sites (tertiary alicyclic amines) is 2. The van der Waals surface area contributed by atoms with Crippen LogP contribution in [0.4, 0.5) is 0 Å². The molecule has 10 rings (SSSR count). The number of benzene rings is 2. The first-order chi connectivity index (χ1) is 28.5. The molecule has 4 saturated carbocycles. The van der Waals surface area contributed by atoms with Crippen LogP contribution < -0.4 is 9.47 Å². The van der Waals surface area contributed by atoms with Crippen molar-refractivity contribution in [3.8, 4) is 11.5 Å². The summed E-state index contributed by atoms with van der Waals surface area (Å²) in [6, 6.07) is 14.7. The Balaban J connectivity index is 0.649. The Kier molecular flexibility index (Phi) is 11.5. The van der Waals surface area contributed by atoms with Gasteiger partial charge >= 0.3 is 11.9 Å². The van der Waals surface area contributed by atoms with Gasteiger partial charge in [0.2, 0.25) is 0 Å². The van der Waals surface area contributed by atoms with E-state index in [4.69, 9.17) is 9.47 Å². The lowest BCUT2D eigenvalue weighted by molar-refractivity contribution is -0.135. The van der Waals surface area contributed by atoms with Gasteiger partial charge in [-0.15, -0.1) is 0 Å². The molecule has 0 N–H and O–H groups in total. The Labute approximate surface area is 349 Å². The molecule has 58 heavy (non-hydrogen) atoms. The van der Waals surface area contributed by atoms with Gasteiger partial charge in [0.25, 0.3) is 0 Å². The molecule has 8 aliphatic rings. The molecule has 4 bridgehead atoms. The lowest BCUT2D eigenvalue weighted by Gasteiger charge is -2.59. The van der Waals surface area contributed by atoms with Crippen LogP contribution in [0.25, 0.3) is 0 Å². The van der Waals surface area contributed by atoms with E-state index in [0.29, 0.717) is 24.9 Å². The number of piperidine rings is 2. The first-order valence-electron chi connectivity index (χ1n) is 24.6. The second kappa shape index (κ2) is 17.0. The maximum absolute atomic E-state index is 13.0. The summed E-state index contributed by atoms with van der Waals surface area (Å²) in [5.74, 6) is 4.68. The number of rotatable bonds is 15. The third-order valence-corrected chi connectivity index (χ3v) is 17.8. The van der Waals surface area contributed by atoms with E-state index >= 15 is 0 Å². The van der Waals surface area contributed by atoms with Crippen molar-refractivity contribution in [1.82, 2.24) is 9.80 Å². The van der Waals surface area contributed by atoms with E-state index in [2.05, 4.69) is 46.2 Å². The van der Waals surface area contributed by atoms with Crippen LogP contribution in [0.2, 0.25) is 0 Å². The third-order valence-electron chi connectivity index (χ3n) is 17.8. The van der Waals surface area contributed by atoms with Crippen LogP contribution in [0, 0.1) is 23.7 Å². The summed E-state index contributed by atoms with van der Waals surface area (Å²) in [7, 11) is 0. The van der Waals surface area contributed by atoms with Crippen LogP contribution in [-0.2, 0) is 33.3 Å². The Morgan fingerprint density at radius 3 is 1.41 bits per heavy atom. The molecule has 0 spiro atoms. The van der Waals surface area contributed by atoms with Crippen molar-refractivity contribution in [3.05, 3.63) is 58.7 Å². The van der Waals surface area contributed by atoms with Gasteiger partial charge in [0.05, 0.1) is 0 Å². The number of carbonyl (C=O) groups excluding carboxylic acids is 2. The van der Waals surface area contributed by atoms with Crippen LogP contribution in [0.3, 0.4) is 0 Å². The molecular formula is C52H72N2O4. The normalized spacial score (nSPS) is 31.8. The van der Waals surface area contributed by atoms with Gasteiger partial charge < -0.3 is 9.47 Å². The standard InChI is InChI=1S/C52H72N2O4/c55-49(57-41-23-21-39-31-47-43-17-7-9-25-51(43,45(39)33-41)27-29-53(47)35-37-13-11-14-37)19-5-3-1-2-4-6-20-50(56)58-42-24-22-40-32-48-44-18-8-10-26-52(44,46(40)34-42)28-30-54(48)36-38-15-12-16-38/h21-24,33-34,37-38,43-44,47-48H,1-20,25-32,35-36H2/t43?,44?,47-,48-,51-,52-/m0/s1. The molecule has 2 aromatic rings. The zero-order valence-electron chi connectivity index (χ0n) is 35.7. The van der Waals surface area contributed by atoms with Gasteiger partial charge in [-0.3, -0.25) is 19.4 Å². The first-order valence-corrected chi connectivity index (χ1v) is 24.6. The monoisotopic (exact) mass is 789 g/mol. The van der Waals surface area contributed by atoms with E-state index in [1.54, 1.807) is 0 Å². The van der Waals surface area contributed by atoms with Crippen LogP contribution in [0.5, 0.6) is 11.5 Å². The maximum atomic E-state index is 13.0. The third kappa shape index (κ3) is 7.62. The summed E-state index contributed by atoms with van der Waals surface area (Å²) >= 11 is 0. The van der Waals surface area contributed by atoms with Crippen molar-refractivity contribution in [1.29, 1.82) is 0 Å². The lowest BCUT2D eigenvalue weighted by atomic mass is 9.52. The summed E-state index contributed by atoms with van der Waals surface area (Å²) < 4.78 is 12.0. The van der Waals surface area contributed by atoms with Gasteiger partial charge in [0.1, 0.15) is 11.5 Å². The molecule has 6 nitrogen and oxygen atoms in total. The SMILES string of the molecule is O=C(CCCCCCCCC(=O)Oc1ccc2c(c1)[C@]13CCCCC1[C@H](C2)N(CC1CCC1)CC3)Oc1ccc2c(c1)[C@]13CCCCC1[C@H](C2)N(CC1CCC1)CC3. The van der Waals surface area contributed by atoms with Gasteiger partial charge in [0, 0.05) is 48.8 Å². The van der Waals surface area contributed by atoms with Crippen molar-refractivity contribution in [3.63, 3.8) is 0 Å². The first kappa shape index (κ1) is 39.4. The highest BCUT2D eigenvalue weighted by Gasteiger charge is 2.55. The number of fused-ring (bicyclic) bond motifs is 2. The quantitative estimate of drug-likeness (QED) is 0.102. The molecule has 2 aromatic carbocycles. The van der Waals surface area contributed by atoms with E-state index in [9.17, 15) is 9.59 Å². The molecular weight excluding hydrogens is 717 g/mol. The molecule has 0 radical (unpaired) electrons. The summed E-state index contributed by atoms with van der Waals surface area (Å²) in [6.45, 7) is 5.10. The minimum absolute atomic E-state index is 0.0978. The average molecular weight is 789 g/mol. The average Bonchev–Trinajstić information content (AvgIpc) is 3.20. The molecule has 2 saturated heterocycles. The summed E-state index contributed by atoms with van der Waals surface area (Å²) in [5, 5.41) is 0. The predicted molar refractivity (Wildman–Crippen MR) is 230 cm³/mol. The van der Waals surface area contributed by atoms with Gasteiger partial charge in [0.15, 0.2) is 0 Å². The van der Waals surface area contributed by atoms with Crippen molar-refractivity contribution in [2.24, 2.45) is 23.7 Å². The number of carbonyl (C=O) groups is 2. The van der Waals surface area contributed by atoms with Gasteiger partial charge in [-0.1, -0.05) is 76.3 Å². The number of nitrogens with zero attached hydrogens (tertiary/aromatic N) is 2. The molecule has 6 heteroatoms. The smallest absolute Gasteiger partial charge is 0.311 e. The van der Waals surface area contributed by atoms with E-state index in [1.807, 2.05) is 0 Å². The maximum Gasteiger partial charge on any atom is 0.311 e. The topological polar surface area (TPSA) is 59.1 Å².